The molecule has 2 aromatic carbocycles. The fourth-order valence-electron chi connectivity index (χ4n) is 3.46. The van der Waals surface area contributed by atoms with E-state index in [1.807, 2.05) is 30.3 Å². The molecule has 0 spiro atoms. The van der Waals surface area contributed by atoms with Crippen LogP contribution < -0.4 is 9.62 Å². The highest BCUT2D eigenvalue weighted by atomic mass is 32.2. The lowest BCUT2D eigenvalue weighted by atomic mass is 10.1. The average Bonchev–Trinajstić information content (AvgIpc) is 2.77. The minimum absolute atomic E-state index is 0.153. The van der Waals surface area contributed by atoms with Gasteiger partial charge in [-0.1, -0.05) is 30.3 Å². The average molecular weight is 409 g/mol. The summed E-state index contributed by atoms with van der Waals surface area (Å²) >= 11 is 0. The molecule has 0 amide bonds. The van der Waals surface area contributed by atoms with E-state index in [-0.39, 0.29) is 4.90 Å². The standard InChI is InChI=1S/C22H24N4O2S/c27-29(28,22-7-4-12-23-17-22)24-20-10-8-19(9-11-20)18-25-13-15-26(16-14-25)21-5-2-1-3-6-21/h1-12,17,24H,13-16,18H2. The van der Waals surface area contributed by atoms with Crippen LogP contribution in [0.3, 0.4) is 0 Å². The maximum Gasteiger partial charge on any atom is 0.263 e. The molecule has 0 unspecified atom stereocenters. The SMILES string of the molecule is O=S(=O)(Nc1ccc(CN2CCN(c3ccccc3)CC2)cc1)c1cccnc1. The number of benzene rings is 2. The molecular weight excluding hydrogens is 384 g/mol. The first kappa shape index (κ1) is 19.4. The van der Waals surface area contributed by atoms with Gasteiger partial charge in [-0.3, -0.25) is 14.6 Å². The summed E-state index contributed by atoms with van der Waals surface area (Å²) < 4.78 is 27.4. The first-order valence-electron chi connectivity index (χ1n) is 9.64. The Morgan fingerprint density at radius 1 is 0.862 bits per heavy atom. The number of rotatable bonds is 6. The molecule has 1 fully saturated rings. The molecule has 6 nitrogen and oxygen atoms in total. The second-order valence-corrected chi connectivity index (χ2v) is 8.77. The minimum atomic E-state index is -3.61. The van der Waals surface area contributed by atoms with E-state index in [2.05, 4.69) is 43.8 Å². The van der Waals surface area contributed by atoms with Crippen molar-refractivity contribution in [2.24, 2.45) is 0 Å². The summed E-state index contributed by atoms with van der Waals surface area (Å²) in [6.45, 7) is 4.88. The Balaban J connectivity index is 1.32. The summed E-state index contributed by atoms with van der Waals surface area (Å²) in [4.78, 5) is 8.86. The van der Waals surface area contributed by atoms with Gasteiger partial charge in [0.05, 0.1) is 0 Å². The van der Waals surface area contributed by atoms with E-state index >= 15 is 0 Å². The van der Waals surface area contributed by atoms with Crippen LogP contribution in [0.2, 0.25) is 0 Å². The Labute approximate surface area is 171 Å². The number of para-hydroxylation sites is 1. The predicted octanol–water partition coefficient (Wildman–Crippen LogP) is 3.20. The fourth-order valence-corrected chi connectivity index (χ4v) is 4.48. The van der Waals surface area contributed by atoms with E-state index in [4.69, 9.17) is 0 Å². The second-order valence-electron chi connectivity index (χ2n) is 7.09. The third kappa shape index (κ3) is 4.93. The summed E-state index contributed by atoms with van der Waals surface area (Å²) in [5, 5.41) is 0. The quantitative estimate of drug-likeness (QED) is 0.679. The molecule has 4 rings (SSSR count). The molecule has 0 atom stereocenters. The zero-order valence-electron chi connectivity index (χ0n) is 16.1. The van der Waals surface area contributed by atoms with Crippen LogP contribution in [0, 0.1) is 0 Å². The van der Waals surface area contributed by atoms with E-state index in [1.54, 1.807) is 12.3 Å². The van der Waals surface area contributed by atoms with Crippen molar-refractivity contribution >= 4 is 21.4 Å². The predicted molar refractivity (Wildman–Crippen MR) is 115 cm³/mol. The van der Waals surface area contributed by atoms with Crippen molar-refractivity contribution in [1.82, 2.24) is 9.88 Å². The van der Waals surface area contributed by atoms with Crippen LogP contribution in [0.15, 0.2) is 84.0 Å². The molecule has 0 saturated carbocycles. The van der Waals surface area contributed by atoms with Crippen molar-refractivity contribution in [2.75, 3.05) is 35.8 Å². The van der Waals surface area contributed by atoms with Crippen LogP contribution in [0.4, 0.5) is 11.4 Å². The molecule has 1 aliphatic heterocycles. The summed E-state index contributed by atoms with van der Waals surface area (Å²) in [7, 11) is -3.61. The van der Waals surface area contributed by atoms with E-state index < -0.39 is 10.0 Å². The van der Waals surface area contributed by atoms with Crippen LogP contribution in [0.25, 0.3) is 0 Å². The molecule has 3 aromatic rings. The van der Waals surface area contributed by atoms with Crippen molar-refractivity contribution in [2.45, 2.75) is 11.4 Å². The van der Waals surface area contributed by atoms with E-state index in [0.29, 0.717) is 5.69 Å². The molecule has 0 aliphatic carbocycles. The van der Waals surface area contributed by atoms with Crippen LogP contribution in [0.5, 0.6) is 0 Å². The molecule has 1 saturated heterocycles. The molecule has 7 heteroatoms. The highest BCUT2D eigenvalue weighted by Crippen LogP contribution is 2.19. The Bertz CT molecular complexity index is 1020. The molecule has 29 heavy (non-hydrogen) atoms. The highest BCUT2D eigenvalue weighted by Gasteiger charge is 2.17. The number of anilines is 2. The third-order valence-electron chi connectivity index (χ3n) is 5.05. The number of hydrogen-bond donors (Lipinski definition) is 1. The number of piperazine rings is 1. The van der Waals surface area contributed by atoms with Gasteiger partial charge in [0.15, 0.2) is 0 Å². The number of pyridine rings is 1. The fraction of sp³-hybridized carbons (Fsp3) is 0.227. The molecule has 1 N–H and O–H groups in total. The van der Waals surface area contributed by atoms with Gasteiger partial charge >= 0.3 is 0 Å². The van der Waals surface area contributed by atoms with Crippen molar-refractivity contribution in [3.8, 4) is 0 Å². The molecular formula is C22H24N4O2S. The third-order valence-corrected chi connectivity index (χ3v) is 6.42. The number of hydrogen-bond acceptors (Lipinski definition) is 5. The Hall–Kier alpha value is -2.90. The zero-order valence-corrected chi connectivity index (χ0v) is 16.9. The molecule has 0 radical (unpaired) electrons. The first-order valence-corrected chi connectivity index (χ1v) is 11.1. The van der Waals surface area contributed by atoms with Gasteiger partial charge in [-0.25, -0.2) is 8.42 Å². The Kier molecular flexibility index (Phi) is 5.78. The highest BCUT2D eigenvalue weighted by molar-refractivity contribution is 7.92. The van der Waals surface area contributed by atoms with Gasteiger partial charge in [0.2, 0.25) is 0 Å². The van der Waals surface area contributed by atoms with Crippen LogP contribution in [0.1, 0.15) is 5.56 Å². The summed E-state index contributed by atoms with van der Waals surface area (Å²) in [6.07, 6.45) is 2.89. The number of aromatic nitrogens is 1. The lowest BCUT2D eigenvalue weighted by Crippen LogP contribution is -2.45. The molecule has 1 aliphatic rings. The maximum absolute atomic E-state index is 12.4. The summed E-state index contributed by atoms with van der Waals surface area (Å²) in [5.74, 6) is 0. The van der Waals surface area contributed by atoms with Crippen molar-refractivity contribution < 1.29 is 8.42 Å². The lowest BCUT2D eigenvalue weighted by molar-refractivity contribution is 0.250. The van der Waals surface area contributed by atoms with Gasteiger partial charge in [-0.15, -0.1) is 0 Å². The van der Waals surface area contributed by atoms with Gasteiger partial charge in [-0.05, 0) is 42.0 Å². The lowest BCUT2D eigenvalue weighted by Gasteiger charge is -2.36. The summed E-state index contributed by atoms with van der Waals surface area (Å²) in [5.41, 5.74) is 2.99. The smallest absolute Gasteiger partial charge is 0.263 e. The van der Waals surface area contributed by atoms with E-state index in [0.717, 1.165) is 32.7 Å². The van der Waals surface area contributed by atoms with Crippen molar-refractivity contribution in [3.63, 3.8) is 0 Å². The largest absolute Gasteiger partial charge is 0.369 e. The normalized spacial score (nSPS) is 15.2. The topological polar surface area (TPSA) is 65.5 Å². The number of nitrogens with one attached hydrogen (secondary N) is 1. The molecule has 2 heterocycles. The van der Waals surface area contributed by atoms with Crippen LogP contribution in [-0.2, 0) is 16.6 Å². The van der Waals surface area contributed by atoms with Crippen LogP contribution in [-0.4, -0.2) is 44.5 Å². The zero-order chi connectivity index (χ0) is 20.1. The number of sulfonamides is 1. The second kappa shape index (κ2) is 8.63. The van der Waals surface area contributed by atoms with Gasteiger partial charge in [-0.2, -0.15) is 0 Å². The Morgan fingerprint density at radius 2 is 1.59 bits per heavy atom. The maximum atomic E-state index is 12.4. The summed E-state index contributed by atoms with van der Waals surface area (Å²) in [6, 6.07) is 21.2. The van der Waals surface area contributed by atoms with Gasteiger partial charge in [0, 0.05) is 56.5 Å². The molecule has 150 valence electrons. The van der Waals surface area contributed by atoms with E-state index in [9.17, 15) is 8.42 Å². The molecule has 1 aromatic heterocycles. The van der Waals surface area contributed by atoms with Gasteiger partial charge in [0.1, 0.15) is 4.90 Å². The molecule has 0 bridgehead atoms. The Morgan fingerprint density at radius 3 is 2.24 bits per heavy atom. The van der Waals surface area contributed by atoms with Gasteiger partial charge < -0.3 is 4.90 Å². The van der Waals surface area contributed by atoms with Gasteiger partial charge in [0.25, 0.3) is 10.0 Å². The minimum Gasteiger partial charge on any atom is -0.369 e. The first-order chi connectivity index (χ1) is 14.1. The van der Waals surface area contributed by atoms with Crippen molar-refractivity contribution in [1.29, 1.82) is 0 Å². The van der Waals surface area contributed by atoms with Crippen molar-refractivity contribution in [3.05, 3.63) is 84.7 Å². The van der Waals surface area contributed by atoms with E-state index in [1.165, 1.54) is 23.5 Å². The number of nitrogens with zero attached hydrogens (tertiary/aromatic N) is 3. The monoisotopic (exact) mass is 408 g/mol. The van der Waals surface area contributed by atoms with Crippen LogP contribution >= 0.6 is 0 Å².